The molecular weight excluding hydrogens is 480 g/mol. The summed E-state index contributed by atoms with van der Waals surface area (Å²) in [5.74, 6) is 0.523. The van der Waals surface area contributed by atoms with Crippen molar-refractivity contribution in [3.8, 4) is 22.6 Å². The van der Waals surface area contributed by atoms with Crippen LogP contribution in [0.2, 0.25) is 0 Å². The third kappa shape index (κ3) is 4.03. The van der Waals surface area contributed by atoms with Crippen molar-refractivity contribution in [3.05, 3.63) is 83.0 Å². The van der Waals surface area contributed by atoms with Crippen LogP contribution in [0.25, 0.3) is 44.5 Å². The molecule has 1 amide bonds. The minimum atomic E-state index is -0.0309. The molecule has 5 aromatic rings. The van der Waals surface area contributed by atoms with Crippen molar-refractivity contribution < 1.29 is 4.79 Å². The number of rotatable bonds is 3. The van der Waals surface area contributed by atoms with Crippen LogP contribution in [0.3, 0.4) is 0 Å². The molecule has 0 spiro atoms. The number of amides is 1. The fraction of sp³-hybridized carbons (Fsp3) is 0.324. The molecule has 3 aromatic heterocycles. The molecule has 2 aromatic carbocycles. The molecule has 39 heavy (non-hydrogen) atoms. The Kier molecular flexibility index (Phi) is 5.95. The normalized spacial score (nSPS) is 15.6. The van der Waals surface area contributed by atoms with Gasteiger partial charge < -0.3 is 9.88 Å². The number of hydrogen-bond donors (Lipinski definition) is 1. The standard InChI is InChI=1S/C34H34N4O/c1-21-16-17-36-30(19-21)29-15-12-25-24-9-6-18-38-31-20-23(34(39)35-2)10-11-27(31)32(22-7-4-3-5-8-22)33(38)26(24)13-14-28(25)37-29/h10-17,19-20,22H,3-9,18H2,1-2H3,(H,35,39). The third-order valence-corrected chi connectivity index (χ3v) is 8.83. The highest BCUT2D eigenvalue weighted by Gasteiger charge is 2.29. The molecule has 5 heteroatoms. The number of nitrogens with zero attached hydrogens (tertiary/aromatic N) is 3. The number of carbonyl (C=O) groups is 1. The Labute approximate surface area is 229 Å². The van der Waals surface area contributed by atoms with Gasteiger partial charge in [0, 0.05) is 47.2 Å². The predicted molar refractivity (Wildman–Crippen MR) is 158 cm³/mol. The number of aryl methyl sites for hydroxylation is 3. The average molecular weight is 515 g/mol. The van der Waals surface area contributed by atoms with E-state index in [4.69, 9.17) is 4.98 Å². The number of benzene rings is 2. The largest absolute Gasteiger partial charge is 0.355 e. The van der Waals surface area contributed by atoms with Gasteiger partial charge in [-0.3, -0.25) is 9.78 Å². The Balaban J connectivity index is 1.45. The lowest BCUT2D eigenvalue weighted by molar-refractivity contribution is 0.0963. The second-order valence-corrected chi connectivity index (χ2v) is 11.2. The first-order valence-electron chi connectivity index (χ1n) is 14.4. The topological polar surface area (TPSA) is 59.8 Å². The Morgan fingerprint density at radius 2 is 1.77 bits per heavy atom. The molecule has 0 unspecified atom stereocenters. The number of carbonyl (C=O) groups excluding carboxylic acids is 1. The lowest BCUT2D eigenvalue weighted by atomic mass is 9.81. The van der Waals surface area contributed by atoms with Gasteiger partial charge in [0.15, 0.2) is 0 Å². The molecule has 1 aliphatic heterocycles. The lowest BCUT2D eigenvalue weighted by Crippen LogP contribution is -2.17. The molecule has 0 radical (unpaired) electrons. The Hall–Kier alpha value is -3.99. The average Bonchev–Trinajstić information content (AvgIpc) is 3.17. The third-order valence-electron chi connectivity index (χ3n) is 8.83. The van der Waals surface area contributed by atoms with E-state index in [1.54, 1.807) is 7.05 Å². The molecule has 1 N–H and O–H groups in total. The van der Waals surface area contributed by atoms with Gasteiger partial charge in [-0.15, -0.1) is 0 Å². The molecule has 0 atom stereocenters. The van der Waals surface area contributed by atoms with Crippen molar-refractivity contribution in [1.29, 1.82) is 0 Å². The van der Waals surface area contributed by atoms with E-state index in [0.717, 1.165) is 41.9 Å². The zero-order valence-electron chi connectivity index (χ0n) is 22.8. The summed E-state index contributed by atoms with van der Waals surface area (Å²) in [6.45, 7) is 3.04. The molecule has 5 nitrogen and oxygen atoms in total. The fourth-order valence-electron chi connectivity index (χ4n) is 6.98. The van der Waals surface area contributed by atoms with Gasteiger partial charge in [0.25, 0.3) is 5.91 Å². The Morgan fingerprint density at radius 3 is 2.59 bits per heavy atom. The highest BCUT2D eigenvalue weighted by molar-refractivity contribution is 6.02. The molecular formula is C34H34N4O. The number of aromatic nitrogens is 3. The highest BCUT2D eigenvalue weighted by Crippen LogP contribution is 2.47. The number of fused-ring (bicyclic) bond motifs is 7. The molecule has 7 rings (SSSR count). The molecule has 4 heterocycles. The molecule has 1 saturated carbocycles. The van der Waals surface area contributed by atoms with E-state index in [-0.39, 0.29) is 5.91 Å². The molecule has 196 valence electrons. The van der Waals surface area contributed by atoms with E-state index >= 15 is 0 Å². The van der Waals surface area contributed by atoms with Crippen LogP contribution in [0.1, 0.15) is 71.5 Å². The maximum absolute atomic E-state index is 12.6. The van der Waals surface area contributed by atoms with Gasteiger partial charge in [0.2, 0.25) is 0 Å². The van der Waals surface area contributed by atoms with Gasteiger partial charge in [-0.05, 0) is 91.6 Å². The summed E-state index contributed by atoms with van der Waals surface area (Å²) in [5, 5.41) is 5.36. The van der Waals surface area contributed by atoms with Crippen molar-refractivity contribution in [1.82, 2.24) is 19.9 Å². The van der Waals surface area contributed by atoms with Gasteiger partial charge in [-0.25, -0.2) is 4.98 Å². The predicted octanol–water partition coefficient (Wildman–Crippen LogP) is 7.58. The van der Waals surface area contributed by atoms with Crippen LogP contribution in [-0.2, 0) is 13.0 Å². The van der Waals surface area contributed by atoms with Crippen molar-refractivity contribution in [2.24, 2.45) is 0 Å². The SMILES string of the molecule is CNC(=O)c1ccc2c(C3CCCCC3)c3n(c2c1)CCCc1c-3ccc2nc(-c3cc(C)ccn3)ccc12. The van der Waals surface area contributed by atoms with Crippen LogP contribution in [-0.4, -0.2) is 27.5 Å². The fourth-order valence-corrected chi connectivity index (χ4v) is 6.98. The molecule has 1 fully saturated rings. The number of hydrogen-bond acceptors (Lipinski definition) is 3. The number of pyridine rings is 2. The van der Waals surface area contributed by atoms with Gasteiger partial charge in [0.1, 0.15) is 0 Å². The van der Waals surface area contributed by atoms with E-state index in [2.05, 4.69) is 64.3 Å². The van der Waals surface area contributed by atoms with Crippen LogP contribution in [0.4, 0.5) is 0 Å². The van der Waals surface area contributed by atoms with Crippen LogP contribution in [0.5, 0.6) is 0 Å². The second-order valence-electron chi connectivity index (χ2n) is 11.2. The maximum atomic E-state index is 12.6. The van der Waals surface area contributed by atoms with Crippen LogP contribution in [0, 0.1) is 6.92 Å². The van der Waals surface area contributed by atoms with E-state index in [1.807, 2.05) is 18.3 Å². The van der Waals surface area contributed by atoms with Gasteiger partial charge in [-0.1, -0.05) is 37.5 Å². The summed E-state index contributed by atoms with van der Waals surface area (Å²) >= 11 is 0. The Bertz CT molecular complexity index is 1740. The van der Waals surface area contributed by atoms with Crippen molar-refractivity contribution in [2.75, 3.05) is 7.05 Å². The van der Waals surface area contributed by atoms with Gasteiger partial charge in [0.05, 0.1) is 22.6 Å². The summed E-state index contributed by atoms with van der Waals surface area (Å²) < 4.78 is 2.52. The quantitative estimate of drug-likeness (QED) is 0.270. The highest BCUT2D eigenvalue weighted by atomic mass is 16.1. The minimum Gasteiger partial charge on any atom is -0.355 e. The first-order chi connectivity index (χ1) is 19.1. The zero-order valence-corrected chi connectivity index (χ0v) is 22.8. The first-order valence-corrected chi connectivity index (χ1v) is 14.4. The lowest BCUT2D eigenvalue weighted by Gasteiger charge is -2.24. The van der Waals surface area contributed by atoms with Gasteiger partial charge >= 0.3 is 0 Å². The molecule has 0 saturated heterocycles. The summed E-state index contributed by atoms with van der Waals surface area (Å²) in [6, 6.07) is 19.3. The Morgan fingerprint density at radius 1 is 0.923 bits per heavy atom. The van der Waals surface area contributed by atoms with Gasteiger partial charge in [-0.2, -0.15) is 0 Å². The first kappa shape index (κ1) is 24.1. The zero-order chi connectivity index (χ0) is 26.5. The van der Waals surface area contributed by atoms with Crippen molar-refractivity contribution in [3.63, 3.8) is 0 Å². The minimum absolute atomic E-state index is 0.0309. The summed E-state index contributed by atoms with van der Waals surface area (Å²) in [4.78, 5) is 22.2. The van der Waals surface area contributed by atoms with E-state index in [0.29, 0.717) is 5.92 Å². The smallest absolute Gasteiger partial charge is 0.251 e. The van der Waals surface area contributed by atoms with Crippen LogP contribution >= 0.6 is 0 Å². The maximum Gasteiger partial charge on any atom is 0.251 e. The molecule has 0 bridgehead atoms. The van der Waals surface area contributed by atoms with Crippen molar-refractivity contribution >= 4 is 27.7 Å². The molecule has 2 aliphatic rings. The van der Waals surface area contributed by atoms with Crippen LogP contribution < -0.4 is 5.32 Å². The number of nitrogens with one attached hydrogen (secondary N) is 1. The summed E-state index contributed by atoms with van der Waals surface area (Å²) in [5.41, 5.74) is 11.6. The van der Waals surface area contributed by atoms with E-state index < -0.39 is 0 Å². The molecule has 1 aliphatic carbocycles. The summed E-state index contributed by atoms with van der Waals surface area (Å²) in [7, 11) is 1.70. The monoisotopic (exact) mass is 514 g/mol. The van der Waals surface area contributed by atoms with E-state index in [9.17, 15) is 4.79 Å². The van der Waals surface area contributed by atoms with Crippen molar-refractivity contribution in [2.45, 2.75) is 64.3 Å². The summed E-state index contributed by atoms with van der Waals surface area (Å²) in [6.07, 6.45) is 10.3. The second kappa shape index (κ2) is 9.64. The van der Waals surface area contributed by atoms with E-state index in [1.165, 1.54) is 76.3 Å². The van der Waals surface area contributed by atoms with Crippen LogP contribution in [0.15, 0.2) is 60.8 Å².